The number of carbonyl (C=O) groups is 1. The van der Waals surface area contributed by atoms with Crippen LogP contribution in [0.5, 0.6) is 0 Å². The lowest BCUT2D eigenvalue weighted by molar-refractivity contribution is -0.138. The highest BCUT2D eigenvalue weighted by molar-refractivity contribution is 7.39. The fourth-order valence-corrected chi connectivity index (χ4v) is 12.1. The molecule has 0 radical (unpaired) electrons. The van der Waals surface area contributed by atoms with Gasteiger partial charge in [-0.2, -0.15) is 0 Å². The van der Waals surface area contributed by atoms with Crippen LogP contribution in [-0.2, 0) is 23.7 Å². The highest BCUT2D eigenvalue weighted by atomic mass is 31.1. The zero-order chi connectivity index (χ0) is 36.7. The van der Waals surface area contributed by atoms with Crippen molar-refractivity contribution >= 4 is 38.8 Å². The monoisotopic (exact) mass is 715 g/mol. The van der Waals surface area contributed by atoms with Gasteiger partial charge in [0, 0.05) is 22.8 Å². The molecule has 1 aromatic heterocycles. The molecule has 6 nitrogen and oxygen atoms in total. The van der Waals surface area contributed by atoms with E-state index in [1.807, 2.05) is 72.8 Å². The average Bonchev–Trinajstić information content (AvgIpc) is 3.05. The van der Waals surface area contributed by atoms with E-state index in [4.69, 9.17) is 13.9 Å². The molecule has 2 atom stereocenters. The van der Waals surface area contributed by atoms with Crippen LogP contribution < -0.4 is 10.4 Å². The fourth-order valence-electron chi connectivity index (χ4n) is 6.29. The molecule has 0 bridgehead atoms. The number of aliphatic carboxylic acids is 1. The predicted molar refractivity (Wildman–Crippen MR) is 206 cm³/mol. The molecule has 0 saturated heterocycles. The van der Waals surface area contributed by atoms with Crippen LogP contribution in [0.4, 0.5) is 4.39 Å². The Morgan fingerprint density at radius 3 is 1.96 bits per heavy atom. The molecule has 0 aliphatic heterocycles. The van der Waals surface area contributed by atoms with Crippen molar-refractivity contribution in [2.75, 3.05) is 12.8 Å². The smallest absolute Gasteiger partial charge is 0.305 e. The third kappa shape index (κ3) is 9.55. The largest absolute Gasteiger partial charge is 0.481 e. The Labute approximate surface area is 298 Å². The van der Waals surface area contributed by atoms with Gasteiger partial charge in [0.1, 0.15) is 5.82 Å². The van der Waals surface area contributed by atoms with Crippen LogP contribution in [0.3, 0.4) is 0 Å². The molecule has 266 valence electrons. The van der Waals surface area contributed by atoms with Gasteiger partial charge in [0.2, 0.25) is 0 Å². The first-order valence-electron chi connectivity index (χ1n) is 17.2. The highest BCUT2D eigenvalue weighted by Crippen LogP contribution is 2.39. The predicted octanol–water partition coefficient (Wildman–Crippen LogP) is 9.23. The molecule has 9 heteroatoms. The minimum Gasteiger partial charge on any atom is -0.481 e. The first-order valence-corrected chi connectivity index (χ1v) is 20.6. The lowest BCUT2D eigenvalue weighted by atomic mass is 9.86. The highest BCUT2D eigenvalue weighted by Gasteiger charge is 2.51. The van der Waals surface area contributed by atoms with Gasteiger partial charge in [-0.3, -0.25) is 14.3 Å². The molecule has 1 unspecified atom stereocenters. The van der Waals surface area contributed by atoms with Gasteiger partial charge >= 0.3 is 5.97 Å². The lowest BCUT2D eigenvalue weighted by Crippen LogP contribution is -2.68. The van der Waals surface area contributed by atoms with Gasteiger partial charge in [0.25, 0.3) is 8.32 Å². The normalized spacial score (nSPS) is 13.9. The van der Waals surface area contributed by atoms with E-state index in [0.717, 1.165) is 38.5 Å². The molecular weight excluding hydrogens is 665 g/mol. The van der Waals surface area contributed by atoms with E-state index in [-0.39, 0.29) is 41.4 Å². The van der Waals surface area contributed by atoms with Gasteiger partial charge in [-0.25, -0.2) is 4.39 Å². The van der Waals surface area contributed by atoms with E-state index in [0.29, 0.717) is 0 Å². The Balaban J connectivity index is 1.62. The first kappa shape index (κ1) is 39.1. The zero-order valence-electron chi connectivity index (χ0n) is 30.5. The number of rotatable bonds is 14. The molecule has 4 rings (SSSR count). The molecule has 0 saturated carbocycles. The van der Waals surface area contributed by atoms with Crippen molar-refractivity contribution in [1.82, 2.24) is 4.98 Å². The summed E-state index contributed by atoms with van der Waals surface area (Å²) in [7, 11) is -5.80. The van der Waals surface area contributed by atoms with E-state index in [1.54, 1.807) is 12.1 Å². The van der Waals surface area contributed by atoms with Crippen LogP contribution >= 0.6 is 8.03 Å². The maximum atomic E-state index is 13.9. The van der Waals surface area contributed by atoms with Gasteiger partial charge in [-0.15, -0.1) is 0 Å². The second-order valence-corrected chi connectivity index (χ2v) is 20.7. The summed E-state index contributed by atoms with van der Waals surface area (Å²) in [5.74, 6) is -1.23. The van der Waals surface area contributed by atoms with Crippen molar-refractivity contribution in [2.45, 2.75) is 84.3 Å². The molecule has 4 aromatic rings. The second-order valence-electron chi connectivity index (χ2n) is 15.1. The molecule has 3 aromatic carbocycles. The van der Waals surface area contributed by atoms with Crippen molar-refractivity contribution in [3.05, 3.63) is 120 Å². The number of carboxylic acid groups (broad SMARTS) is 1. The van der Waals surface area contributed by atoms with Crippen molar-refractivity contribution in [3.8, 4) is 11.1 Å². The summed E-state index contributed by atoms with van der Waals surface area (Å²) in [4.78, 5) is 17.2. The minimum absolute atomic E-state index is 0.0325. The summed E-state index contributed by atoms with van der Waals surface area (Å²) in [6, 6.07) is 28.4. The lowest BCUT2D eigenvalue weighted by Gasteiger charge is -2.45. The summed E-state index contributed by atoms with van der Waals surface area (Å²) in [5.41, 5.74) is 4.32. The van der Waals surface area contributed by atoms with E-state index in [1.165, 1.54) is 12.1 Å². The number of nitrogens with zero attached hydrogens (tertiary/aromatic N) is 1. The van der Waals surface area contributed by atoms with Gasteiger partial charge in [0.05, 0.1) is 24.8 Å². The quantitative estimate of drug-likeness (QED) is 0.104. The van der Waals surface area contributed by atoms with E-state index >= 15 is 0 Å². The summed E-state index contributed by atoms with van der Waals surface area (Å²) in [5, 5.41) is 11.6. The Morgan fingerprint density at radius 1 is 0.920 bits per heavy atom. The Bertz CT molecular complexity index is 1740. The maximum absolute atomic E-state index is 13.9. The van der Waals surface area contributed by atoms with E-state index in [9.17, 15) is 18.9 Å². The number of hydrogen-bond donors (Lipinski definition) is 1. The van der Waals surface area contributed by atoms with E-state index < -0.39 is 28.4 Å². The number of pyridine rings is 1. The SMILES string of the molecule is CC(C)c1nc(C(C)(C)C)cc(-c2ccc(F)cc2)c1/C=C/CO[PH](=O)C[C@H](CC(=O)O)O[Si](c1ccccc1)(c1ccccc1)C(C)(C)C. The Kier molecular flexibility index (Phi) is 13.0. The molecule has 0 aliphatic rings. The molecule has 1 heterocycles. The maximum Gasteiger partial charge on any atom is 0.305 e. The number of halogens is 1. The third-order valence-electron chi connectivity index (χ3n) is 8.74. The van der Waals surface area contributed by atoms with Crippen LogP contribution in [0.1, 0.15) is 84.7 Å². The number of aromatic nitrogens is 1. The van der Waals surface area contributed by atoms with Crippen LogP contribution in [0, 0.1) is 5.82 Å². The van der Waals surface area contributed by atoms with Crippen molar-refractivity contribution in [1.29, 1.82) is 0 Å². The Morgan fingerprint density at radius 2 is 1.48 bits per heavy atom. The Hall–Kier alpha value is -3.68. The topological polar surface area (TPSA) is 85.7 Å². The molecule has 1 N–H and O–H groups in total. The summed E-state index contributed by atoms with van der Waals surface area (Å²) >= 11 is 0. The van der Waals surface area contributed by atoms with Crippen molar-refractivity contribution in [3.63, 3.8) is 0 Å². The van der Waals surface area contributed by atoms with Crippen LogP contribution in [0.15, 0.2) is 97.1 Å². The molecule has 0 fully saturated rings. The van der Waals surface area contributed by atoms with E-state index in [2.05, 4.69) is 61.5 Å². The van der Waals surface area contributed by atoms with Crippen LogP contribution in [0.25, 0.3) is 17.2 Å². The zero-order valence-corrected chi connectivity index (χ0v) is 32.5. The molecular formula is C41H51FNO5PSi. The van der Waals surface area contributed by atoms with Gasteiger partial charge < -0.3 is 14.1 Å². The fraction of sp³-hybridized carbons (Fsp3) is 0.366. The summed E-state index contributed by atoms with van der Waals surface area (Å²) in [6.07, 6.45) is 2.57. The average molecular weight is 716 g/mol. The molecule has 0 aliphatic carbocycles. The summed E-state index contributed by atoms with van der Waals surface area (Å²) < 4.78 is 40.3. The van der Waals surface area contributed by atoms with Gasteiger partial charge in [-0.1, -0.05) is 140 Å². The van der Waals surface area contributed by atoms with Gasteiger partial charge in [-0.05, 0) is 50.7 Å². The number of hydrogen-bond acceptors (Lipinski definition) is 5. The first-order chi connectivity index (χ1) is 23.5. The number of benzene rings is 3. The third-order valence-corrected chi connectivity index (χ3v) is 15.1. The number of carboxylic acids is 1. The van der Waals surface area contributed by atoms with Crippen LogP contribution in [-0.4, -0.2) is 43.2 Å². The minimum atomic E-state index is -3.09. The van der Waals surface area contributed by atoms with Crippen molar-refractivity contribution in [2.24, 2.45) is 0 Å². The second kappa shape index (κ2) is 16.6. The molecule has 50 heavy (non-hydrogen) atoms. The molecule has 0 amide bonds. The standard InChI is InChI=1S/C41H51FNO5PSi/c1-29(2)39-35(36(27-37(43-39)40(3,4)5)30-21-23-31(42)24-22-30)20-15-25-47-49(46)28-32(26-38(44)45)48-50(41(6,7)8,33-16-11-9-12-17-33)34-18-13-10-14-19-34/h9-24,27,29,32,49H,25-26,28H2,1-8H3,(H,44,45)/b20-15+/t32-/m0/s1. The van der Waals surface area contributed by atoms with Crippen LogP contribution in [0.2, 0.25) is 5.04 Å². The van der Waals surface area contributed by atoms with Crippen molar-refractivity contribution < 1.29 is 27.8 Å². The summed E-state index contributed by atoms with van der Waals surface area (Å²) in [6.45, 7) is 16.9. The molecule has 0 spiro atoms. The van der Waals surface area contributed by atoms with Gasteiger partial charge in [0.15, 0.2) is 8.03 Å².